The fourth-order valence-corrected chi connectivity index (χ4v) is 4.64. The van der Waals surface area contributed by atoms with Gasteiger partial charge < -0.3 is 14.2 Å². The van der Waals surface area contributed by atoms with Crippen LogP contribution in [0.4, 0.5) is 0 Å². The Morgan fingerprint density at radius 2 is 1.90 bits per heavy atom. The Balaban J connectivity index is 1.62. The van der Waals surface area contributed by atoms with Crippen molar-refractivity contribution in [1.29, 1.82) is 0 Å². The van der Waals surface area contributed by atoms with Crippen molar-refractivity contribution < 1.29 is 17.9 Å². The van der Waals surface area contributed by atoms with E-state index in [1.54, 1.807) is 40.8 Å². The number of amides is 1. The van der Waals surface area contributed by atoms with E-state index in [4.69, 9.17) is 4.74 Å². The van der Waals surface area contributed by atoms with Crippen molar-refractivity contribution in [2.45, 2.75) is 31.2 Å². The summed E-state index contributed by atoms with van der Waals surface area (Å²) in [4.78, 5) is 18.5. The monoisotopic (exact) mass is 420 g/mol. The molecule has 8 nitrogen and oxygen atoms in total. The van der Waals surface area contributed by atoms with Crippen molar-refractivity contribution in [2.24, 2.45) is 7.05 Å². The van der Waals surface area contributed by atoms with E-state index in [9.17, 15) is 13.2 Å². The zero-order valence-corrected chi connectivity index (χ0v) is 17.8. The second kappa shape index (κ2) is 9.41. The quantitative estimate of drug-likeness (QED) is 0.641. The number of hydrogen-bond acceptors (Lipinski definition) is 5. The van der Waals surface area contributed by atoms with Crippen LogP contribution >= 0.6 is 0 Å². The van der Waals surface area contributed by atoms with Gasteiger partial charge in [-0.3, -0.25) is 4.79 Å². The molecule has 2 heterocycles. The fourth-order valence-electron chi connectivity index (χ4n) is 3.20. The normalized spacial score (nSPS) is 15.9. The van der Waals surface area contributed by atoms with Crippen molar-refractivity contribution in [3.05, 3.63) is 42.4 Å². The van der Waals surface area contributed by atoms with Crippen LogP contribution < -0.4 is 4.74 Å². The molecule has 0 spiro atoms. The molecule has 1 aliphatic heterocycles. The van der Waals surface area contributed by atoms with Gasteiger partial charge in [-0.05, 0) is 37.1 Å². The van der Waals surface area contributed by atoms with Gasteiger partial charge >= 0.3 is 0 Å². The highest BCUT2D eigenvalue weighted by Crippen LogP contribution is 2.18. The fraction of sp³-hybridized carbons (Fsp3) is 0.500. The topological polar surface area (TPSA) is 84.7 Å². The summed E-state index contributed by atoms with van der Waals surface area (Å²) >= 11 is 0. The van der Waals surface area contributed by atoms with E-state index in [0.717, 1.165) is 18.6 Å². The number of sulfonamides is 1. The molecule has 0 aliphatic carbocycles. The highest BCUT2D eigenvalue weighted by molar-refractivity contribution is 7.89. The molecular weight excluding hydrogens is 392 g/mol. The molecule has 9 heteroatoms. The largest absolute Gasteiger partial charge is 0.494 e. The number of unbranched alkanes of at least 4 members (excludes halogenated alkanes) is 1. The summed E-state index contributed by atoms with van der Waals surface area (Å²) in [5.74, 6) is 0.653. The Bertz CT molecular complexity index is 924. The third-order valence-corrected chi connectivity index (χ3v) is 6.68. The summed E-state index contributed by atoms with van der Waals surface area (Å²) in [7, 11) is -1.92. The molecule has 0 saturated carbocycles. The number of hydrogen-bond donors (Lipinski definition) is 0. The number of benzene rings is 1. The molecule has 0 unspecified atom stereocenters. The zero-order valence-electron chi connectivity index (χ0n) is 17.0. The Kier molecular flexibility index (Phi) is 6.92. The lowest BCUT2D eigenvalue weighted by Gasteiger charge is -2.21. The number of carbonyl (C=O) groups is 1. The van der Waals surface area contributed by atoms with Crippen molar-refractivity contribution in [3.8, 4) is 5.75 Å². The third kappa shape index (κ3) is 5.16. The summed E-state index contributed by atoms with van der Waals surface area (Å²) in [5.41, 5.74) is 0.578. The summed E-state index contributed by atoms with van der Waals surface area (Å²) in [6.07, 6.45) is 5.60. The average Bonchev–Trinajstić information content (AvgIpc) is 3.01. The number of carbonyl (C=O) groups excluding carboxylic acids is 1. The van der Waals surface area contributed by atoms with Crippen LogP contribution in [0.15, 0.2) is 41.8 Å². The van der Waals surface area contributed by atoms with Gasteiger partial charge in [-0.1, -0.05) is 13.3 Å². The van der Waals surface area contributed by atoms with Crippen LogP contribution in [-0.2, 0) is 17.1 Å². The lowest BCUT2D eigenvalue weighted by Crippen LogP contribution is -2.37. The number of nitrogens with zero attached hydrogens (tertiary/aromatic N) is 4. The Hall–Kier alpha value is -2.39. The molecule has 1 aromatic heterocycles. The van der Waals surface area contributed by atoms with E-state index in [1.807, 2.05) is 0 Å². The maximum atomic E-state index is 12.9. The van der Waals surface area contributed by atoms with Crippen LogP contribution in [0.25, 0.3) is 0 Å². The van der Waals surface area contributed by atoms with E-state index in [0.29, 0.717) is 38.2 Å². The van der Waals surface area contributed by atoms with Gasteiger partial charge in [0.2, 0.25) is 0 Å². The van der Waals surface area contributed by atoms with Gasteiger partial charge in [0.1, 0.15) is 5.75 Å². The lowest BCUT2D eigenvalue weighted by molar-refractivity contribution is 0.0764. The number of imidazole rings is 1. The first-order valence-electron chi connectivity index (χ1n) is 9.92. The van der Waals surface area contributed by atoms with Crippen molar-refractivity contribution in [1.82, 2.24) is 18.8 Å². The number of rotatable bonds is 7. The van der Waals surface area contributed by atoms with Crippen LogP contribution in [-0.4, -0.2) is 65.9 Å². The SMILES string of the molecule is CCCCOc1ccc(C(=O)N2CCCN(S(=O)(=O)c3cn(C)cn3)CC2)cc1. The third-order valence-electron chi connectivity index (χ3n) is 4.90. The molecule has 1 amide bonds. The molecule has 158 valence electrons. The minimum absolute atomic E-state index is 0.0402. The molecule has 29 heavy (non-hydrogen) atoms. The minimum atomic E-state index is -3.65. The molecular formula is C20H28N4O4S. The van der Waals surface area contributed by atoms with Gasteiger partial charge in [0.15, 0.2) is 5.03 Å². The standard InChI is InChI=1S/C20H28N4O4S/c1-3-4-14-28-18-8-6-17(7-9-18)20(25)23-10-5-11-24(13-12-23)29(26,27)19-15-22(2)16-21-19/h6-9,15-16H,3-5,10-14H2,1-2H3. The van der Waals surface area contributed by atoms with E-state index in [1.165, 1.54) is 16.8 Å². The predicted molar refractivity (Wildman–Crippen MR) is 109 cm³/mol. The van der Waals surface area contributed by atoms with Crippen molar-refractivity contribution in [3.63, 3.8) is 0 Å². The molecule has 0 radical (unpaired) electrons. The first kappa shape index (κ1) is 21.3. The summed E-state index contributed by atoms with van der Waals surface area (Å²) < 4.78 is 34.2. The minimum Gasteiger partial charge on any atom is -0.494 e. The molecule has 1 fully saturated rings. The molecule has 0 bridgehead atoms. The second-order valence-electron chi connectivity index (χ2n) is 7.15. The Morgan fingerprint density at radius 1 is 1.14 bits per heavy atom. The van der Waals surface area contributed by atoms with Gasteiger partial charge in [-0.15, -0.1) is 0 Å². The summed E-state index contributed by atoms with van der Waals surface area (Å²) in [6.45, 7) is 4.25. The number of aromatic nitrogens is 2. The molecule has 2 aromatic rings. The molecule has 3 rings (SSSR count). The van der Waals surface area contributed by atoms with E-state index in [2.05, 4.69) is 11.9 Å². The van der Waals surface area contributed by atoms with E-state index >= 15 is 0 Å². The van der Waals surface area contributed by atoms with Crippen LogP contribution in [0.1, 0.15) is 36.5 Å². The number of ether oxygens (including phenoxy) is 1. The molecule has 1 aliphatic rings. The predicted octanol–water partition coefficient (Wildman–Crippen LogP) is 2.14. The summed E-state index contributed by atoms with van der Waals surface area (Å²) in [6, 6.07) is 7.13. The van der Waals surface area contributed by atoms with Crippen molar-refractivity contribution >= 4 is 15.9 Å². The van der Waals surface area contributed by atoms with Crippen molar-refractivity contribution in [2.75, 3.05) is 32.8 Å². The first-order valence-corrected chi connectivity index (χ1v) is 11.4. The second-order valence-corrected chi connectivity index (χ2v) is 9.04. The number of aryl methyl sites for hydroxylation is 1. The van der Waals surface area contributed by atoms with Gasteiger partial charge in [0, 0.05) is 45.0 Å². The maximum Gasteiger partial charge on any atom is 0.262 e. The molecule has 0 atom stereocenters. The van der Waals surface area contributed by atoms with Gasteiger partial charge in [0.25, 0.3) is 15.9 Å². The van der Waals surface area contributed by atoms with Gasteiger partial charge in [-0.25, -0.2) is 13.4 Å². The zero-order chi connectivity index (χ0) is 20.9. The molecule has 1 saturated heterocycles. The summed E-state index contributed by atoms with van der Waals surface area (Å²) in [5, 5.41) is 0.0402. The van der Waals surface area contributed by atoms with E-state index < -0.39 is 10.0 Å². The van der Waals surface area contributed by atoms with Crippen LogP contribution in [0.5, 0.6) is 5.75 Å². The van der Waals surface area contributed by atoms with E-state index in [-0.39, 0.29) is 17.5 Å². The first-order chi connectivity index (χ1) is 13.9. The smallest absolute Gasteiger partial charge is 0.262 e. The van der Waals surface area contributed by atoms with Gasteiger partial charge in [0.05, 0.1) is 12.9 Å². The van der Waals surface area contributed by atoms with Crippen LogP contribution in [0, 0.1) is 0 Å². The average molecular weight is 421 g/mol. The Labute approximate surface area is 172 Å². The highest BCUT2D eigenvalue weighted by atomic mass is 32.2. The molecule has 0 N–H and O–H groups in total. The van der Waals surface area contributed by atoms with Crippen LogP contribution in [0.2, 0.25) is 0 Å². The highest BCUT2D eigenvalue weighted by Gasteiger charge is 2.30. The Morgan fingerprint density at radius 3 is 2.55 bits per heavy atom. The maximum absolute atomic E-state index is 12.9. The lowest BCUT2D eigenvalue weighted by atomic mass is 10.2. The van der Waals surface area contributed by atoms with Crippen LogP contribution in [0.3, 0.4) is 0 Å². The van der Waals surface area contributed by atoms with Gasteiger partial charge in [-0.2, -0.15) is 4.31 Å². The molecule has 1 aromatic carbocycles.